The second kappa shape index (κ2) is 4.09. The van der Waals surface area contributed by atoms with E-state index in [1.54, 1.807) is 0 Å². The fourth-order valence-electron chi connectivity index (χ4n) is 1.24. The van der Waals surface area contributed by atoms with Crippen LogP contribution in [0, 0.1) is 5.92 Å². The number of aromatic nitrogens is 1. The maximum atomic E-state index is 11.3. The molecule has 0 unspecified atom stereocenters. The highest BCUT2D eigenvalue weighted by molar-refractivity contribution is 5.86. The van der Waals surface area contributed by atoms with Gasteiger partial charge in [0.15, 0.2) is 5.43 Å². The number of H-pyrrole nitrogens is 1. The van der Waals surface area contributed by atoms with E-state index in [9.17, 15) is 9.59 Å². The van der Waals surface area contributed by atoms with Gasteiger partial charge in [0.1, 0.15) is 5.56 Å². The van der Waals surface area contributed by atoms with Crippen LogP contribution in [-0.4, -0.2) is 16.1 Å². The molecule has 0 aromatic carbocycles. The molecule has 0 saturated heterocycles. The number of nitrogens with one attached hydrogen (secondary N) is 1. The molecule has 0 radical (unpaired) electrons. The summed E-state index contributed by atoms with van der Waals surface area (Å²) in [5, 5.41) is 8.62. The van der Waals surface area contributed by atoms with Crippen LogP contribution < -0.4 is 5.43 Å². The molecule has 0 spiro atoms. The lowest BCUT2D eigenvalue weighted by Gasteiger charge is -2.04. The van der Waals surface area contributed by atoms with Crippen LogP contribution in [0.5, 0.6) is 0 Å². The number of hydrogen-bond donors (Lipinski definition) is 2. The van der Waals surface area contributed by atoms with Crippen molar-refractivity contribution in [3.8, 4) is 0 Å². The first kappa shape index (κ1) is 10.5. The lowest BCUT2D eigenvalue weighted by Crippen LogP contribution is -2.16. The number of hydrogen-bond acceptors (Lipinski definition) is 2. The first-order valence-corrected chi connectivity index (χ1v) is 4.45. The van der Waals surface area contributed by atoms with Gasteiger partial charge < -0.3 is 10.1 Å². The van der Waals surface area contributed by atoms with E-state index in [2.05, 4.69) is 4.98 Å². The molecule has 0 aliphatic carbocycles. The molecule has 0 aliphatic rings. The van der Waals surface area contributed by atoms with Gasteiger partial charge in [-0.15, -0.1) is 0 Å². The van der Waals surface area contributed by atoms with Crippen molar-refractivity contribution in [1.82, 2.24) is 4.98 Å². The van der Waals surface area contributed by atoms with Crippen LogP contribution in [0.1, 0.15) is 29.9 Å². The number of aromatic carboxylic acids is 1. The largest absolute Gasteiger partial charge is 0.477 e. The van der Waals surface area contributed by atoms with Crippen molar-refractivity contribution in [2.24, 2.45) is 5.92 Å². The van der Waals surface area contributed by atoms with Crippen molar-refractivity contribution >= 4 is 5.97 Å². The molecular weight excluding hydrogens is 182 g/mol. The van der Waals surface area contributed by atoms with Crippen molar-refractivity contribution in [3.63, 3.8) is 0 Å². The molecule has 0 saturated carbocycles. The molecule has 2 N–H and O–H groups in total. The molecule has 76 valence electrons. The van der Waals surface area contributed by atoms with E-state index in [0.717, 1.165) is 12.1 Å². The normalized spacial score (nSPS) is 10.5. The molecule has 14 heavy (non-hydrogen) atoms. The zero-order chi connectivity index (χ0) is 10.7. The van der Waals surface area contributed by atoms with E-state index in [0.29, 0.717) is 5.92 Å². The van der Waals surface area contributed by atoms with E-state index < -0.39 is 11.4 Å². The molecule has 0 fully saturated rings. The summed E-state index contributed by atoms with van der Waals surface area (Å²) in [7, 11) is 0. The zero-order valence-corrected chi connectivity index (χ0v) is 8.20. The second-order valence-electron chi connectivity index (χ2n) is 3.64. The van der Waals surface area contributed by atoms with Gasteiger partial charge in [-0.25, -0.2) is 4.79 Å². The third-order valence-corrected chi connectivity index (χ3v) is 1.83. The Kier molecular flexibility index (Phi) is 3.06. The maximum absolute atomic E-state index is 11.3. The smallest absolute Gasteiger partial charge is 0.341 e. The Morgan fingerprint density at radius 2 is 2.21 bits per heavy atom. The van der Waals surface area contributed by atoms with E-state index >= 15 is 0 Å². The van der Waals surface area contributed by atoms with Crippen LogP contribution in [-0.2, 0) is 6.42 Å². The molecule has 1 aromatic rings. The van der Waals surface area contributed by atoms with Gasteiger partial charge in [-0.05, 0) is 12.3 Å². The van der Waals surface area contributed by atoms with Gasteiger partial charge in [0.2, 0.25) is 0 Å². The standard InChI is InChI=1S/C10H13NO3/c1-6(2)3-7-4-9(12)8(5-11-7)10(13)14/h4-6H,3H2,1-2H3,(H,11,12)(H,13,14). The number of carboxylic acids is 1. The Bertz CT molecular complexity index is 393. The summed E-state index contributed by atoms with van der Waals surface area (Å²) in [6.07, 6.45) is 2.00. The summed E-state index contributed by atoms with van der Waals surface area (Å²) < 4.78 is 0. The van der Waals surface area contributed by atoms with Gasteiger partial charge in [0.05, 0.1) is 0 Å². The van der Waals surface area contributed by atoms with Crippen molar-refractivity contribution in [2.45, 2.75) is 20.3 Å². The highest BCUT2D eigenvalue weighted by Crippen LogP contribution is 2.03. The summed E-state index contributed by atoms with van der Waals surface area (Å²) >= 11 is 0. The molecule has 0 aliphatic heterocycles. The molecule has 0 atom stereocenters. The first-order chi connectivity index (χ1) is 6.50. The Morgan fingerprint density at radius 1 is 1.57 bits per heavy atom. The van der Waals surface area contributed by atoms with E-state index in [1.165, 1.54) is 12.3 Å². The minimum Gasteiger partial charge on any atom is -0.477 e. The summed E-state index contributed by atoms with van der Waals surface area (Å²) in [5.41, 5.74) is 0.124. The lowest BCUT2D eigenvalue weighted by molar-refractivity contribution is 0.0695. The molecule has 1 heterocycles. The summed E-state index contributed by atoms with van der Waals surface area (Å²) in [5.74, 6) is -0.760. The van der Waals surface area contributed by atoms with Gasteiger partial charge in [0.25, 0.3) is 0 Å². The maximum Gasteiger partial charge on any atom is 0.341 e. The van der Waals surface area contributed by atoms with Crippen LogP contribution in [0.15, 0.2) is 17.1 Å². The van der Waals surface area contributed by atoms with Gasteiger partial charge in [-0.3, -0.25) is 4.79 Å². The van der Waals surface area contributed by atoms with Crippen LogP contribution in [0.2, 0.25) is 0 Å². The van der Waals surface area contributed by atoms with Crippen LogP contribution in [0.25, 0.3) is 0 Å². The number of carboxylic acid groups (broad SMARTS) is 1. The first-order valence-electron chi connectivity index (χ1n) is 4.45. The Morgan fingerprint density at radius 3 is 2.64 bits per heavy atom. The van der Waals surface area contributed by atoms with E-state index in [4.69, 9.17) is 5.11 Å². The molecule has 0 amide bonds. The van der Waals surface area contributed by atoms with Crippen molar-refractivity contribution < 1.29 is 9.90 Å². The predicted octanol–water partition coefficient (Wildman–Crippen LogP) is 1.27. The van der Waals surface area contributed by atoms with Crippen LogP contribution in [0.4, 0.5) is 0 Å². The number of carbonyl (C=O) groups is 1. The van der Waals surface area contributed by atoms with Crippen molar-refractivity contribution in [2.75, 3.05) is 0 Å². The van der Waals surface area contributed by atoms with Gasteiger partial charge in [0, 0.05) is 18.0 Å². The minimum absolute atomic E-state index is 0.211. The Balaban J connectivity index is 3.01. The van der Waals surface area contributed by atoms with E-state index in [1.807, 2.05) is 13.8 Å². The van der Waals surface area contributed by atoms with E-state index in [-0.39, 0.29) is 5.56 Å². The Hall–Kier alpha value is -1.58. The Labute approximate surface area is 81.6 Å². The molecular formula is C10H13NO3. The van der Waals surface area contributed by atoms with Gasteiger partial charge in [-0.2, -0.15) is 0 Å². The number of aromatic amines is 1. The van der Waals surface area contributed by atoms with Crippen molar-refractivity contribution in [3.05, 3.63) is 33.7 Å². The fourth-order valence-corrected chi connectivity index (χ4v) is 1.24. The zero-order valence-electron chi connectivity index (χ0n) is 8.20. The van der Waals surface area contributed by atoms with Gasteiger partial charge >= 0.3 is 5.97 Å². The molecule has 0 bridgehead atoms. The lowest BCUT2D eigenvalue weighted by atomic mass is 10.1. The highest BCUT2D eigenvalue weighted by Gasteiger charge is 2.08. The SMILES string of the molecule is CC(C)Cc1cc(=O)c(C(=O)O)c[nH]1. The van der Waals surface area contributed by atoms with Crippen molar-refractivity contribution in [1.29, 1.82) is 0 Å². The average molecular weight is 195 g/mol. The number of rotatable bonds is 3. The third kappa shape index (κ3) is 2.45. The summed E-state index contributed by atoms with van der Waals surface area (Å²) in [6, 6.07) is 1.35. The van der Waals surface area contributed by atoms with Gasteiger partial charge in [-0.1, -0.05) is 13.8 Å². The van der Waals surface area contributed by atoms with Crippen LogP contribution >= 0.6 is 0 Å². The van der Waals surface area contributed by atoms with Crippen LogP contribution in [0.3, 0.4) is 0 Å². The third-order valence-electron chi connectivity index (χ3n) is 1.83. The highest BCUT2D eigenvalue weighted by atomic mass is 16.4. The molecule has 4 heteroatoms. The molecule has 1 rings (SSSR count). The quantitative estimate of drug-likeness (QED) is 0.763. The molecule has 1 aromatic heterocycles. The fraction of sp³-hybridized carbons (Fsp3) is 0.400. The topological polar surface area (TPSA) is 70.2 Å². The second-order valence-corrected chi connectivity index (χ2v) is 3.64. The molecule has 4 nitrogen and oxygen atoms in total. The summed E-state index contributed by atoms with van der Waals surface area (Å²) in [4.78, 5) is 24.6. The monoisotopic (exact) mass is 195 g/mol. The summed E-state index contributed by atoms with van der Waals surface area (Å²) in [6.45, 7) is 4.06. The minimum atomic E-state index is -1.19. The predicted molar refractivity (Wildman–Crippen MR) is 52.6 cm³/mol. The number of pyridine rings is 1. The average Bonchev–Trinajstić information content (AvgIpc) is 2.01.